The van der Waals surface area contributed by atoms with Crippen molar-refractivity contribution >= 4 is 5.69 Å². The zero-order chi connectivity index (χ0) is 21.5. The Morgan fingerprint density at radius 1 is 0.968 bits per heavy atom. The second-order valence-corrected chi connectivity index (χ2v) is 8.85. The van der Waals surface area contributed by atoms with Crippen LogP contribution < -0.4 is 9.64 Å². The van der Waals surface area contributed by atoms with E-state index in [2.05, 4.69) is 63.2 Å². The first kappa shape index (κ1) is 22.1. The van der Waals surface area contributed by atoms with Gasteiger partial charge in [-0.2, -0.15) is 0 Å². The molecule has 1 N–H and O–H groups in total. The van der Waals surface area contributed by atoms with E-state index in [-0.39, 0.29) is 6.61 Å². The van der Waals surface area contributed by atoms with Crippen molar-refractivity contribution in [3.05, 3.63) is 60.2 Å². The lowest BCUT2D eigenvalue weighted by atomic mass is 9.99. The minimum Gasteiger partial charge on any atom is -0.497 e. The summed E-state index contributed by atoms with van der Waals surface area (Å²) in [4.78, 5) is 7.79. The minimum atomic E-state index is 0.272. The number of anilines is 1. The maximum Gasteiger partial charge on any atom is 0.120 e. The number of nitrogens with zero attached hydrogens (tertiary/aromatic N) is 3. The van der Waals surface area contributed by atoms with Crippen molar-refractivity contribution in [1.29, 1.82) is 0 Å². The van der Waals surface area contributed by atoms with Gasteiger partial charge in [-0.15, -0.1) is 0 Å². The summed E-state index contributed by atoms with van der Waals surface area (Å²) >= 11 is 0. The van der Waals surface area contributed by atoms with Crippen LogP contribution in [-0.2, 0) is 6.42 Å². The lowest BCUT2D eigenvalue weighted by Crippen LogP contribution is -2.58. The summed E-state index contributed by atoms with van der Waals surface area (Å²) in [5.74, 6) is 0.929. The Kier molecular flexibility index (Phi) is 7.84. The smallest absolute Gasteiger partial charge is 0.120 e. The first-order chi connectivity index (χ1) is 15.3. The summed E-state index contributed by atoms with van der Waals surface area (Å²) in [6.07, 6.45) is 4.36. The summed E-state index contributed by atoms with van der Waals surface area (Å²) in [5, 5.41) is 9.66. The topological polar surface area (TPSA) is 39.2 Å². The molecule has 2 saturated heterocycles. The third-order valence-corrected chi connectivity index (χ3v) is 7.03. The standard InChI is InChI=1S/C26H37N3O2/c1-31-26-9-5-8-24(20-26)27-15-11-23(12-16-27)29-18-17-28(25(21-29)13-19-30)14-10-22-6-3-2-4-7-22/h2-9,20,23,25,30H,10-19,21H2,1H3. The molecule has 2 aromatic rings. The van der Waals surface area contributed by atoms with Crippen molar-refractivity contribution in [3.8, 4) is 5.75 Å². The van der Waals surface area contributed by atoms with Crippen LogP contribution in [0, 0.1) is 0 Å². The van der Waals surface area contributed by atoms with Crippen LogP contribution in [0.5, 0.6) is 5.75 Å². The number of piperazine rings is 1. The molecule has 0 radical (unpaired) electrons. The van der Waals surface area contributed by atoms with Crippen LogP contribution in [0.2, 0.25) is 0 Å². The molecule has 2 aliphatic rings. The first-order valence-electron chi connectivity index (χ1n) is 11.8. The van der Waals surface area contributed by atoms with Gasteiger partial charge in [-0.25, -0.2) is 0 Å². The molecule has 0 bridgehead atoms. The van der Waals surface area contributed by atoms with Crippen LogP contribution in [0.15, 0.2) is 54.6 Å². The Bertz CT molecular complexity index is 792. The zero-order valence-corrected chi connectivity index (χ0v) is 18.8. The van der Waals surface area contributed by atoms with Gasteiger partial charge in [0, 0.05) is 69.7 Å². The van der Waals surface area contributed by atoms with Crippen LogP contribution in [-0.4, -0.2) is 80.0 Å². The van der Waals surface area contributed by atoms with Crippen molar-refractivity contribution in [2.24, 2.45) is 0 Å². The Hall–Kier alpha value is -2.08. The monoisotopic (exact) mass is 423 g/mol. The fraction of sp³-hybridized carbons (Fsp3) is 0.538. The number of piperidine rings is 1. The van der Waals surface area contributed by atoms with Crippen LogP contribution in [0.25, 0.3) is 0 Å². The molecule has 0 spiro atoms. The van der Waals surface area contributed by atoms with Gasteiger partial charge in [-0.05, 0) is 43.4 Å². The predicted molar refractivity (Wildman–Crippen MR) is 127 cm³/mol. The Morgan fingerprint density at radius 2 is 1.77 bits per heavy atom. The molecule has 5 nitrogen and oxygen atoms in total. The Balaban J connectivity index is 1.29. The Labute approximate surface area is 187 Å². The quantitative estimate of drug-likeness (QED) is 0.706. The van der Waals surface area contributed by atoms with Gasteiger partial charge < -0.3 is 14.7 Å². The molecular weight excluding hydrogens is 386 g/mol. The lowest BCUT2D eigenvalue weighted by molar-refractivity contribution is 0.0305. The average Bonchev–Trinajstić information content (AvgIpc) is 2.84. The molecule has 0 aromatic heterocycles. The third-order valence-electron chi connectivity index (χ3n) is 7.03. The maximum atomic E-state index is 9.66. The van der Waals surface area contributed by atoms with Crippen molar-refractivity contribution in [2.75, 3.05) is 57.9 Å². The van der Waals surface area contributed by atoms with Crippen LogP contribution in [0.1, 0.15) is 24.8 Å². The first-order valence-corrected chi connectivity index (χ1v) is 11.8. The van der Waals surface area contributed by atoms with Gasteiger partial charge in [-0.3, -0.25) is 9.80 Å². The molecule has 31 heavy (non-hydrogen) atoms. The van der Waals surface area contributed by atoms with E-state index >= 15 is 0 Å². The highest BCUT2D eigenvalue weighted by Gasteiger charge is 2.32. The Morgan fingerprint density at radius 3 is 2.52 bits per heavy atom. The van der Waals surface area contributed by atoms with Crippen molar-refractivity contribution < 1.29 is 9.84 Å². The molecule has 0 aliphatic carbocycles. The van der Waals surface area contributed by atoms with E-state index in [1.165, 1.54) is 24.1 Å². The molecule has 168 valence electrons. The second kappa shape index (κ2) is 11.0. The number of hydrogen-bond donors (Lipinski definition) is 1. The molecule has 2 aromatic carbocycles. The molecule has 1 unspecified atom stereocenters. The van der Waals surface area contributed by atoms with Gasteiger partial charge in [0.25, 0.3) is 0 Å². The number of methoxy groups -OCH3 is 1. The van der Waals surface area contributed by atoms with Gasteiger partial charge in [0.2, 0.25) is 0 Å². The molecule has 4 rings (SSSR count). The van der Waals surface area contributed by atoms with Crippen molar-refractivity contribution in [3.63, 3.8) is 0 Å². The fourth-order valence-electron chi connectivity index (χ4n) is 5.18. The zero-order valence-electron chi connectivity index (χ0n) is 18.8. The van der Waals surface area contributed by atoms with Gasteiger partial charge in [0.15, 0.2) is 0 Å². The average molecular weight is 424 g/mol. The molecule has 0 amide bonds. The number of aliphatic hydroxyl groups is 1. The minimum absolute atomic E-state index is 0.272. The molecule has 2 heterocycles. The number of ether oxygens (including phenoxy) is 1. The lowest BCUT2D eigenvalue weighted by Gasteiger charge is -2.47. The number of hydrogen-bond acceptors (Lipinski definition) is 5. The molecule has 2 aliphatic heterocycles. The fourth-order valence-corrected chi connectivity index (χ4v) is 5.18. The van der Waals surface area contributed by atoms with E-state index in [0.29, 0.717) is 12.1 Å². The highest BCUT2D eigenvalue weighted by molar-refractivity contribution is 5.51. The predicted octanol–water partition coefficient (Wildman–Crippen LogP) is 3.28. The van der Waals surface area contributed by atoms with E-state index in [0.717, 1.165) is 57.9 Å². The van der Waals surface area contributed by atoms with Gasteiger partial charge in [0.05, 0.1) is 7.11 Å². The second-order valence-electron chi connectivity index (χ2n) is 8.85. The van der Waals surface area contributed by atoms with E-state index in [1.807, 2.05) is 6.07 Å². The van der Waals surface area contributed by atoms with E-state index in [1.54, 1.807) is 7.11 Å². The SMILES string of the molecule is COc1cccc(N2CCC(N3CCN(CCc4ccccc4)C(CCO)C3)CC2)c1. The van der Waals surface area contributed by atoms with E-state index < -0.39 is 0 Å². The highest BCUT2D eigenvalue weighted by Crippen LogP contribution is 2.27. The van der Waals surface area contributed by atoms with Crippen molar-refractivity contribution in [1.82, 2.24) is 9.80 Å². The van der Waals surface area contributed by atoms with Crippen molar-refractivity contribution in [2.45, 2.75) is 37.8 Å². The van der Waals surface area contributed by atoms with Gasteiger partial charge in [-0.1, -0.05) is 36.4 Å². The summed E-state index contributed by atoms with van der Waals surface area (Å²) < 4.78 is 5.39. The van der Waals surface area contributed by atoms with E-state index in [9.17, 15) is 5.11 Å². The van der Waals surface area contributed by atoms with Crippen LogP contribution in [0.3, 0.4) is 0 Å². The van der Waals surface area contributed by atoms with Crippen LogP contribution >= 0.6 is 0 Å². The normalized spacial score (nSPS) is 21.4. The summed E-state index contributed by atoms with van der Waals surface area (Å²) in [5.41, 5.74) is 2.67. The van der Waals surface area contributed by atoms with Gasteiger partial charge in [0.1, 0.15) is 5.75 Å². The van der Waals surface area contributed by atoms with Crippen LogP contribution in [0.4, 0.5) is 5.69 Å². The maximum absolute atomic E-state index is 9.66. The third kappa shape index (κ3) is 5.79. The van der Waals surface area contributed by atoms with E-state index in [4.69, 9.17) is 4.74 Å². The molecular formula is C26H37N3O2. The largest absolute Gasteiger partial charge is 0.497 e. The molecule has 1 atom stereocenters. The van der Waals surface area contributed by atoms with Gasteiger partial charge >= 0.3 is 0 Å². The molecule has 0 saturated carbocycles. The highest BCUT2D eigenvalue weighted by atomic mass is 16.5. The number of aliphatic hydroxyl groups excluding tert-OH is 1. The molecule has 2 fully saturated rings. The number of benzene rings is 2. The summed E-state index contributed by atoms with van der Waals surface area (Å²) in [6, 6.07) is 20.3. The number of rotatable bonds is 8. The summed E-state index contributed by atoms with van der Waals surface area (Å²) in [6.45, 7) is 6.87. The summed E-state index contributed by atoms with van der Waals surface area (Å²) in [7, 11) is 1.73. The molecule has 5 heteroatoms.